The molecule has 1 unspecified atom stereocenters. The molecule has 1 atom stereocenters. The van der Waals surface area contributed by atoms with Gasteiger partial charge in [-0.05, 0) is 89.9 Å². The zero-order valence-corrected chi connectivity index (χ0v) is 47.2. The summed E-state index contributed by atoms with van der Waals surface area (Å²) in [5.41, 5.74) is 0. The highest BCUT2D eigenvalue weighted by Crippen LogP contribution is 2.16. The first-order chi connectivity index (χ1) is 35.0. The van der Waals surface area contributed by atoms with Crippen LogP contribution in [0.2, 0.25) is 0 Å². The molecule has 0 saturated heterocycles. The van der Waals surface area contributed by atoms with Crippen molar-refractivity contribution in [3.8, 4) is 0 Å². The van der Waals surface area contributed by atoms with Gasteiger partial charge in [0, 0.05) is 19.3 Å². The summed E-state index contributed by atoms with van der Waals surface area (Å²) in [4.78, 5) is 38.0. The predicted octanol–water partition coefficient (Wildman–Crippen LogP) is 20.8. The van der Waals surface area contributed by atoms with Crippen molar-refractivity contribution < 1.29 is 28.6 Å². The SMILES string of the molecule is CCCCCC/C=C\C/C=C\CCCCCCCC(=O)OC(COC(=O)CCCCCCCCCC)COC(=O)CCCCCCCCCCCCCCCC/C=C\C/C=C\C/C=C\CCCCCCC. The van der Waals surface area contributed by atoms with E-state index in [1.165, 1.54) is 180 Å². The van der Waals surface area contributed by atoms with E-state index < -0.39 is 6.10 Å². The number of allylic oxidation sites excluding steroid dienone is 10. The highest BCUT2D eigenvalue weighted by molar-refractivity contribution is 5.71. The summed E-state index contributed by atoms with van der Waals surface area (Å²) < 4.78 is 16.8. The molecule has 0 aromatic heterocycles. The topological polar surface area (TPSA) is 78.9 Å². The van der Waals surface area contributed by atoms with E-state index in [9.17, 15) is 14.4 Å². The molecule has 412 valence electrons. The molecule has 0 aromatic rings. The lowest BCUT2D eigenvalue weighted by atomic mass is 10.0. The Morgan fingerprint density at radius 1 is 0.282 bits per heavy atom. The number of carbonyl (C=O) groups excluding carboxylic acids is 3. The molecule has 0 aromatic carbocycles. The molecular formula is C65H116O6. The fourth-order valence-corrected chi connectivity index (χ4v) is 8.83. The average molecular weight is 994 g/mol. The molecule has 0 amide bonds. The summed E-state index contributed by atoms with van der Waals surface area (Å²) in [6.07, 6.45) is 75.3. The van der Waals surface area contributed by atoms with Gasteiger partial charge in [-0.1, -0.05) is 268 Å². The zero-order valence-electron chi connectivity index (χ0n) is 47.2. The quantitative estimate of drug-likeness (QED) is 0.0261. The second kappa shape index (κ2) is 59.7. The van der Waals surface area contributed by atoms with Gasteiger partial charge < -0.3 is 14.2 Å². The molecule has 71 heavy (non-hydrogen) atoms. The molecule has 0 heterocycles. The number of hydrogen-bond donors (Lipinski definition) is 0. The Balaban J connectivity index is 4.12. The van der Waals surface area contributed by atoms with Crippen molar-refractivity contribution in [2.45, 2.75) is 322 Å². The van der Waals surface area contributed by atoms with E-state index in [1.807, 2.05) is 0 Å². The molecule has 0 N–H and O–H groups in total. The molecule has 0 aliphatic rings. The first-order valence-electron chi connectivity index (χ1n) is 30.8. The lowest BCUT2D eigenvalue weighted by Crippen LogP contribution is -2.30. The number of hydrogen-bond acceptors (Lipinski definition) is 6. The van der Waals surface area contributed by atoms with Crippen LogP contribution >= 0.6 is 0 Å². The highest BCUT2D eigenvalue weighted by Gasteiger charge is 2.19. The van der Waals surface area contributed by atoms with E-state index in [0.29, 0.717) is 19.3 Å². The Kier molecular flexibility index (Phi) is 57.2. The molecule has 0 aliphatic heterocycles. The van der Waals surface area contributed by atoms with Gasteiger partial charge in [0.15, 0.2) is 6.10 Å². The van der Waals surface area contributed by atoms with Crippen LogP contribution in [0.4, 0.5) is 0 Å². The average Bonchev–Trinajstić information content (AvgIpc) is 3.37. The maximum atomic E-state index is 12.8. The second-order valence-corrected chi connectivity index (χ2v) is 20.6. The monoisotopic (exact) mass is 993 g/mol. The minimum atomic E-state index is -0.778. The third-order valence-electron chi connectivity index (χ3n) is 13.5. The molecule has 0 fully saturated rings. The molecule has 6 heteroatoms. The van der Waals surface area contributed by atoms with Crippen LogP contribution < -0.4 is 0 Å². The first kappa shape index (κ1) is 68.1. The molecule has 6 nitrogen and oxygen atoms in total. The Bertz CT molecular complexity index is 1280. The van der Waals surface area contributed by atoms with Crippen LogP contribution in [0.3, 0.4) is 0 Å². The Morgan fingerprint density at radius 2 is 0.507 bits per heavy atom. The second-order valence-electron chi connectivity index (χ2n) is 20.6. The Labute approximate surface area is 440 Å². The largest absolute Gasteiger partial charge is 0.462 e. The summed E-state index contributed by atoms with van der Waals surface area (Å²) in [5.74, 6) is -0.884. The summed E-state index contributed by atoms with van der Waals surface area (Å²) in [6, 6.07) is 0. The first-order valence-corrected chi connectivity index (χ1v) is 30.8. The number of ether oxygens (including phenoxy) is 3. The van der Waals surface area contributed by atoms with Crippen molar-refractivity contribution >= 4 is 17.9 Å². The fraction of sp³-hybridized carbons (Fsp3) is 0.800. The molecule has 0 radical (unpaired) electrons. The molecule has 0 spiro atoms. The van der Waals surface area contributed by atoms with Crippen molar-refractivity contribution in [2.75, 3.05) is 13.2 Å². The lowest BCUT2D eigenvalue weighted by Gasteiger charge is -2.18. The lowest BCUT2D eigenvalue weighted by molar-refractivity contribution is -0.167. The minimum Gasteiger partial charge on any atom is -0.462 e. The van der Waals surface area contributed by atoms with E-state index in [4.69, 9.17) is 14.2 Å². The standard InChI is InChI=1S/C65H116O6/c1-4-7-10-13-16-19-21-23-25-27-28-29-30-31-32-33-34-35-36-37-38-39-41-42-44-46-49-52-55-58-64(67)70-61-62(60-69-63(66)57-54-51-48-18-15-12-9-6-3)71-65(68)59-56-53-50-47-45-43-40-26-24-22-20-17-14-11-8-5-2/h20-23,26-28,30-31,40,62H,4-19,24-25,29,32-39,41-61H2,1-3H3/b22-20-,23-21-,28-27-,31-30-,40-26-. The van der Waals surface area contributed by atoms with Gasteiger partial charge in [-0.15, -0.1) is 0 Å². The van der Waals surface area contributed by atoms with Crippen LogP contribution in [0, 0.1) is 0 Å². The molecular weight excluding hydrogens is 877 g/mol. The third kappa shape index (κ3) is 57.9. The summed E-state index contributed by atoms with van der Waals surface area (Å²) >= 11 is 0. The Morgan fingerprint density at radius 3 is 0.803 bits per heavy atom. The summed E-state index contributed by atoms with van der Waals surface area (Å²) in [5, 5.41) is 0. The van der Waals surface area contributed by atoms with Gasteiger partial charge in [-0.2, -0.15) is 0 Å². The summed E-state index contributed by atoms with van der Waals surface area (Å²) in [7, 11) is 0. The molecule has 0 bridgehead atoms. The Hall–Kier alpha value is -2.89. The van der Waals surface area contributed by atoms with Gasteiger partial charge in [0.25, 0.3) is 0 Å². The van der Waals surface area contributed by atoms with Gasteiger partial charge in [0.05, 0.1) is 0 Å². The van der Waals surface area contributed by atoms with E-state index in [0.717, 1.165) is 96.3 Å². The minimum absolute atomic E-state index is 0.0774. The van der Waals surface area contributed by atoms with E-state index >= 15 is 0 Å². The van der Waals surface area contributed by atoms with E-state index in [-0.39, 0.29) is 31.1 Å². The van der Waals surface area contributed by atoms with Crippen LogP contribution in [0.25, 0.3) is 0 Å². The van der Waals surface area contributed by atoms with Gasteiger partial charge in [-0.25, -0.2) is 0 Å². The third-order valence-corrected chi connectivity index (χ3v) is 13.5. The van der Waals surface area contributed by atoms with Gasteiger partial charge in [0.2, 0.25) is 0 Å². The van der Waals surface area contributed by atoms with Crippen molar-refractivity contribution in [1.29, 1.82) is 0 Å². The maximum absolute atomic E-state index is 12.8. The van der Waals surface area contributed by atoms with Gasteiger partial charge >= 0.3 is 17.9 Å². The van der Waals surface area contributed by atoms with Crippen molar-refractivity contribution in [2.24, 2.45) is 0 Å². The van der Waals surface area contributed by atoms with Crippen LogP contribution in [0.5, 0.6) is 0 Å². The molecule has 0 aliphatic carbocycles. The van der Waals surface area contributed by atoms with Crippen LogP contribution in [0.1, 0.15) is 316 Å². The zero-order chi connectivity index (χ0) is 51.4. The van der Waals surface area contributed by atoms with Crippen molar-refractivity contribution in [1.82, 2.24) is 0 Å². The van der Waals surface area contributed by atoms with Crippen molar-refractivity contribution in [3.63, 3.8) is 0 Å². The number of unbranched alkanes of at least 4 members (excludes halogenated alkanes) is 35. The van der Waals surface area contributed by atoms with Crippen LogP contribution in [0.15, 0.2) is 60.8 Å². The number of carbonyl (C=O) groups is 3. The fourth-order valence-electron chi connectivity index (χ4n) is 8.83. The van der Waals surface area contributed by atoms with Crippen molar-refractivity contribution in [3.05, 3.63) is 60.8 Å². The molecule has 0 saturated carbocycles. The number of esters is 3. The maximum Gasteiger partial charge on any atom is 0.306 e. The number of rotatable bonds is 56. The highest BCUT2D eigenvalue weighted by atomic mass is 16.6. The smallest absolute Gasteiger partial charge is 0.306 e. The molecule has 0 rings (SSSR count). The van der Waals surface area contributed by atoms with Crippen LogP contribution in [-0.2, 0) is 28.6 Å². The van der Waals surface area contributed by atoms with Gasteiger partial charge in [0.1, 0.15) is 13.2 Å². The summed E-state index contributed by atoms with van der Waals surface area (Å²) in [6.45, 7) is 6.60. The van der Waals surface area contributed by atoms with E-state index in [1.54, 1.807) is 0 Å². The van der Waals surface area contributed by atoms with E-state index in [2.05, 4.69) is 81.5 Å². The predicted molar refractivity (Wildman–Crippen MR) is 307 cm³/mol. The normalized spacial score (nSPS) is 12.4. The van der Waals surface area contributed by atoms with Crippen LogP contribution in [-0.4, -0.2) is 37.2 Å². The van der Waals surface area contributed by atoms with Gasteiger partial charge in [-0.3, -0.25) is 14.4 Å².